The van der Waals surface area contributed by atoms with Crippen LogP contribution in [0, 0.1) is 5.82 Å². The van der Waals surface area contributed by atoms with Crippen LogP contribution in [0.15, 0.2) is 53.8 Å². The van der Waals surface area contributed by atoms with Gasteiger partial charge in [0.15, 0.2) is 11.6 Å². The highest BCUT2D eigenvalue weighted by molar-refractivity contribution is 9.10. The van der Waals surface area contributed by atoms with Gasteiger partial charge in [-0.15, -0.1) is 0 Å². The Labute approximate surface area is 175 Å². The first-order valence-electron chi connectivity index (χ1n) is 9.06. The van der Waals surface area contributed by atoms with E-state index in [-0.39, 0.29) is 5.91 Å². The fourth-order valence-corrected chi connectivity index (χ4v) is 3.58. The van der Waals surface area contributed by atoms with Crippen LogP contribution in [0.3, 0.4) is 0 Å². The number of nitrogens with one attached hydrogen (secondary N) is 1. The SMILES string of the molecule is C=CC(=O)N1CCN(c2ccc3ncnc(Nc4cccc(Br)c4F)c3n2)CC1. The van der Waals surface area contributed by atoms with E-state index in [0.717, 1.165) is 5.82 Å². The van der Waals surface area contributed by atoms with Crippen molar-refractivity contribution in [3.8, 4) is 0 Å². The van der Waals surface area contributed by atoms with Crippen molar-refractivity contribution in [1.29, 1.82) is 0 Å². The minimum Gasteiger partial charge on any atom is -0.353 e. The molecule has 9 heteroatoms. The number of aromatic nitrogens is 3. The van der Waals surface area contributed by atoms with Gasteiger partial charge in [-0.25, -0.2) is 19.3 Å². The van der Waals surface area contributed by atoms with Crippen LogP contribution >= 0.6 is 15.9 Å². The number of anilines is 3. The summed E-state index contributed by atoms with van der Waals surface area (Å²) in [6, 6.07) is 8.76. The Bertz CT molecular complexity index is 1080. The first kappa shape index (κ1) is 19.3. The van der Waals surface area contributed by atoms with Crippen LogP contribution in [0.5, 0.6) is 0 Å². The summed E-state index contributed by atoms with van der Waals surface area (Å²) in [6.45, 7) is 6.06. The van der Waals surface area contributed by atoms with Crippen molar-refractivity contribution in [2.24, 2.45) is 0 Å². The molecular formula is C20H18BrFN6O. The van der Waals surface area contributed by atoms with Crippen molar-refractivity contribution in [2.75, 3.05) is 36.4 Å². The summed E-state index contributed by atoms with van der Waals surface area (Å²) in [5, 5.41) is 3.01. The molecule has 0 saturated carbocycles. The maximum absolute atomic E-state index is 14.4. The highest BCUT2D eigenvalue weighted by Crippen LogP contribution is 2.28. The Hall–Kier alpha value is -3.07. The smallest absolute Gasteiger partial charge is 0.246 e. The van der Waals surface area contributed by atoms with E-state index in [1.807, 2.05) is 12.1 Å². The summed E-state index contributed by atoms with van der Waals surface area (Å²) in [5.41, 5.74) is 1.50. The van der Waals surface area contributed by atoms with Gasteiger partial charge in [-0.2, -0.15) is 0 Å². The first-order valence-corrected chi connectivity index (χ1v) is 9.85. The molecule has 4 rings (SSSR count). The number of pyridine rings is 1. The number of fused-ring (bicyclic) bond motifs is 1. The minimum atomic E-state index is -0.404. The summed E-state index contributed by atoms with van der Waals surface area (Å²) < 4.78 is 14.7. The van der Waals surface area contributed by atoms with E-state index >= 15 is 0 Å². The largest absolute Gasteiger partial charge is 0.353 e. The van der Waals surface area contributed by atoms with Gasteiger partial charge < -0.3 is 15.1 Å². The van der Waals surface area contributed by atoms with Crippen molar-refractivity contribution in [3.05, 3.63) is 59.6 Å². The van der Waals surface area contributed by atoms with E-state index in [1.165, 1.54) is 12.4 Å². The topological polar surface area (TPSA) is 74.2 Å². The van der Waals surface area contributed by atoms with Crippen LogP contribution in [0.2, 0.25) is 0 Å². The minimum absolute atomic E-state index is 0.0629. The van der Waals surface area contributed by atoms with E-state index < -0.39 is 5.82 Å². The lowest BCUT2D eigenvalue weighted by Crippen LogP contribution is -2.48. The van der Waals surface area contributed by atoms with Gasteiger partial charge in [0.2, 0.25) is 5.91 Å². The highest BCUT2D eigenvalue weighted by Gasteiger charge is 2.21. The zero-order chi connectivity index (χ0) is 20.4. The van der Waals surface area contributed by atoms with E-state index in [2.05, 4.69) is 42.7 Å². The monoisotopic (exact) mass is 456 g/mol. The van der Waals surface area contributed by atoms with Gasteiger partial charge >= 0.3 is 0 Å². The number of amides is 1. The Kier molecular flexibility index (Phi) is 5.39. The summed E-state index contributed by atoms with van der Waals surface area (Å²) in [6.07, 6.45) is 2.75. The molecular weight excluding hydrogens is 439 g/mol. The van der Waals surface area contributed by atoms with E-state index in [4.69, 9.17) is 4.98 Å². The molecule has 0 unspecified atom stereocenters. The second-order valence-corrected chi connectivity index (χ2v) is 7.36. The predicted octanol–water partition coefficient (Wildman–Crippen LogP) is 3.50. The normalized spacial score (nSPS) is 14.1. The van der Waals surface area contributed by atoms with Crippen LogP contribution in [0.25, 0.3) is 11.0 Å². The number of hydrogen-bond acceptors (Lipinski definition) is 6. The fraction of sp³-hybridized carbons (Fsp3) is 0.200. The van der Waals surface area contributed by atoms with Gasteiger partial charge in [-0.1, -0.05) is 12.6 Å². The third-order valence-electron chi connectivity index (χ3n) is 4.76. The number of nitrogens with zero attached hydrogens (tertiary/aromatic N) is 5. The molecule has 0 atom stereocenters. The van der Waals surface area contributed by atoms with Gasteiger partial charge in [-0.05, 0) is 46.3 Å². The number of halogens is 2. The molecule has 1 N–H and O–H groups in total. The molecule has 1 saturated heterocycles. The zero-order valence-electron chi connectivity index (χ0n) is 15.5. The Balaban J connectivity index is 1.62. The summed E-state index contributed by atoms with van der Waals surface area (Å²) >= 11 is 3.19. The van der Waals surface area contributed by atoms with Crippen LogP contribution in [-0.4, -0.2) is 51.9 Å². The van der Waals surface area contributed by atoms with Crippen LogP contribution in [0.4, 0.5) is 21.7 Å². The fourth-order valence-electron chi connectivity index (χ4n) is 3.21. The number of carbonyl (C=O) groups is 1. The molecule has 7 nitrogen and oxygen atoms in total. The maximum atomic E-state index is 14.4. The Morgan fingerprint density at radius 1 is 1.17 bits per heavy atom. The molecule has 0 bridgehead atoms. The van der Waals surface area contributed by atoms with Gasteiger partial charge in [-0.3, -0.25) is 4.79 Å². The van der Waals surface area contributed by atoms with Gasteiger partial charge in [0.05, 0.1) is 15.7 Å². The van der Waals surface area contributed by atoms with Crippen molar-refractivity contribution < 1.29 is 9.18 Å². The number of hydrogen-bond donors (Lipinski definition) is 1. The van der Waals surface area contributed by atoms with Crippen LogP contribution in [-0.2, 0) is 4.79 Å². The number of benzene rings is 1. The molecule has 29 heavy (non-hydrogen) atoms. The molecule has 1 aromatic carbocycles. The quantitative estimate of drug-likeness (QED) is 0.605. The number of piperazine rings is 1. The lowest BCUT2D eigenvalue weighted by Gasteiger charge is -2.35. The predicted molar refractivity (Wildman–Crippen MR) is 114 cm³/mol. The van der Waals surface area contributed by atoms with Gasteiger partial charge in [0.1, 0.15) is 17.7 Å². The summed E-state index contributed by atoms with van der Waals surface area (Å²) in [7, 11) is 0. The van der Waals surface area contributed by atoms with Crippen molar-refractivity contribution in [2.45, 2.75) is 0 Å². The molecule has 0 radical (unpaired) electrons. The third kappa shape index (κ3) is 3.91. The standard InChI is InChI=1S/C20H18BrFN6O/c1-2-17(29)28-10-8-27(9-11-28)16-7-6-15-19(26-16)20(24-12-23-15)25-14-5-3-4-13(21)18(14)22/h2-7,12H,1,8-11H2,(H,23,24,25). The molecule has 1 amide bonds. The van der Waals surface area contributed by atoms with Crippen molar-refractivity contribution >= 4 is 50.2 Å². The molecule has 1 aliphatic rings. The van der Waals surface area contributed by atoms with E-state index in [0.29, 0.717) is 53.2 Å². The second-order valence-electron chi connectivity index (χ2n) is 6.50. The molecule has 1 aliphatic heterocycles. The average Bonchev–Trinajstić information content (AvgIpc) is 2.76. The van der Waals surface area contributed by atoms with Crippen LogP contribution < -0.4 is 10.2 Å². The zero-order valence-corrected chi connectivity index (χ0v) is 17.1. The van der Waals surface area contributed by atoms with Gasteiger partial charge in [0.25, 0.3) is 0 Å². The van der Waals surface area contributed by atoms with E-state index in [9.17, 15) is 9.18 Å². The molecule has 148 valence electrons. The summed E-state index contributed by atoms with van der Waals surface area (Å²) in [4.78, 5) is 28.9. The Morgan fingerprint density at radius 2 is 1.97 bits per heavy atom. The van der Waals surface area contributed by atoms with Crippen molar-refractivity contribution in [1.82, 2.24) is 19.9 Å². The van der Waals surface area contributed by atoms with Crippen LogP contribution in [0.1, 0.15) is 0 Å². The van der Waals surface area contributed by atoms with Gasteiger partial charge in [0, 0.05) is 26.2 Å². The lowest BCUT2D eigenvalue weighted by molar-refractivity contribution is -0.126. The average molecular weight is 457 g/mol. The lowest BCUT2D eigenvalue weighted by atomic mass is 10.2. The first-order chi connectivity index (χ1) is 14.1. The number of rotatable bonds is 4. The maximum Gasteiger partial charge on any atom is 0.246 e. The van der Waals surface area contributed by atoms with E-state index in [1.54, 1.807) is 23.1 Å². The molecule has 3 aromatic rings. The molecule has 3 heterocycles. The second kappa shape index (κ2) is 8.12. The molecule has 0 aliphatic carbocycles. The summed E-state index contributed by atoms with van der Waals surface area (Å²) in [5.74, 6) is 0.718. The Morgan fingerprint density at radius 3 is 2.72 bits per heavy atom. The van der Waals surface area contributed by atoms with Crippen molar-refractivity contribution in [3.63, 3.8) is 0 Å². The molecule has 1 fully saturated rings. The third-order valence-corrected chi connectivity index (χ3v) is 5.37. The highest BCUT2D eigenvalue weighted by atomic mass is 79.9. The number of carbonyl (C=O) groups excluding carboxylic acids is 1. The molecule has 0 spiro atoms. The molecule has 2 aromatic heterocycles.